The predicted octanol–water partition coefficient (Wildman–Crippen LogP) is 5.25. The summed E-state index contributed by atoms with van der Waals surface area (Å²) in [5.74, 6) is 1.04. The number of ether oxygens (including phenoxy) is 2. The molecule has 0 aromatic carbocycles. The Labute approximate surface area is 315 Å². The lowest BCUT2D eigenvalue weighted by Gasteiger charge is -2.26. The van der Waals surface area contributed by atoms with Gasteiger partial charge in [-0.15, -0.1) is 11.3 Å². The molecule has 2 fully saturated rings. The molecule has 0 spiro atoms. The first kappa shape index (κ1) is 39.8. The first-order valence-electron chi connectivity index (χ1n) is 18.5. The number of hydrogen-bond donors (Lipinski definition) is 4. The number of aliphatic hydroxyl groups excluding tert-OH is 1. The summed E-state index contributed by atoms with van der Waals surface area (Å²) < 4.78 is 17.2. The van der Waals surface area contributed by atoms with Crippen molar-refractivity contribution >= 4 is 34.3 Å². The molecule has 14 nitrogen and oxygen atoms in total. The number of carbonyl (C=O) groups is 1. The maximum absolute atomic E-state index is 12.5. The van der Waals surface area contributed by atoms with Gasteiger partial charge in [0.05, 0.1) is 23.9 Å². The molecular formula is C38H53N9O5S. The van der Waals surface area contributed by atoms with Crippen LogP contribution in [-0.2, 0) is 22.4 Å². The number of nitrogens with two attached hydrogens (primary N) is 1. The van der Waals surface area contributed by atoms with E-state index in [1.807, 2.05) is 0 Å². The number of thiophene rings is 1. The number of aryl methyl sites for hydroxylation is 2. The number of allylic oxidation sites excluding steroid dienone is 1. The van der Waals surface area contributed by atoms with Crippen LogP contribution in [0.2, 0.25) is 0 Å². The van der Waals surface area contributed by atoms with E-state index in [1.165, 1.54) is 22.7 Å². The molecule has 3 aromatic rings. The quantitative estimate of drug-likeness (QED) is 0.124. The maximum atomic E-state index is 12.5. The normalized spacial score (nSPS) is 20.9. The maximum Gasteiger partial charge on any atom is 0.267 e. The molecule has 0 saturated carbocycles. The highest BCUT2D eigenvalue weighted by molar-refractivity contribution is 7.16. The van der Waals surface area contributed by atoms with Crippen molar-refractivity contribution in [3.05, 3.63) is 45.7 Å². The number of nitrogens with one attached hydrogen (secondary N) is 2. The molecule has 2 unspecified atom stereocenters. The van der Waals surface area contributed by atoms with Gasteiger partial charge in [0.2, 0.25) is 5.88 Å². The lowest BCUT2D eigenvalue weighted by molar-refractivity contribution is -0.118. The number of aliphatic hydroxyl groups is 1. The SMILES string of the molecule is CC(C)Nc1sc2c(c1C#N)[C@H](CCCc1conc1-c1nc(/N=C/C=C(\N)C(=O)NC3CCOC3)cc(O[C@@H](C)C3CCCN3C)n1)CCC2.CO. The van der Waals surface area contributed by atoms with E-state index in [0.29, 0.717) is 48.8 Å². The van der Waals surface area contributed by atoms with Crippen LogP contribution < -0.4 is 21.1 Å². The number of carbonyl (C=O) groups excluding carboxylic acids is 1. The van der Waals surface area contributed by atoms with Gasteiger partial charge in [-0.1, -0.05) is 5.16 Å². The van der Waals surface area contributed by atoms with E-state index in [1.54, 1.807) is 23.7 Å². The zero-order chi connectivity index (χ0) is 37.9. The summed E-state index contributed by atoms with van der Waals surface area (Å²) in [7, 11) is 3.11. The molecule has 286 valence electrons. The minimum Gasteiger partial charge on any atom is -0.473 e. The lowest BCUT2D eigenvalue weighted by Crippen LogP contribution is -2.38. The zero-order valence-corrected chi connectivity index (χ0v) is 32.2. The van der Waals surface area contributed by atoms with Crippen LogP contribution in [-0.4, -0.2) is 95.4 Å². The molecule has 3 aliphatic rings. The molecule has 53 heavy (non-hydrogen) atoms. The second-order valence-electron chi connectivity index (χ2n) is 14.1. The van der Waals surface area contributed by atoms with Crippen LogP contribution in [0.5, 0.6) is 5.88 Å². The molecule has 5 N–H and O–H groups in total. The predicted molar refractivity (Wildman–Crippen MR) is 206 cm³/mol. The fraction of sp³-hybridized carbons (Fsp3) is 0.579. The fourth-order valence-electron chi connectivity index (χ4n) is 7.31. The molecule has 1 aliphatic carbocycles. The van der Waals surface area contributed by atoms with Gasteiger partial charge in [-0.05, 0) is 110 Å². The van der Waals surface area contributed by atoms with E-state index in [9.17, 15) is 10.1 Å². The first-order valence-corrected chi connectivity index (χ1v) is 19.4. The van der Waals surface area contributed by atoms with E-state index in [4.69, 9.17) is 34.8 Å². The molecule has 0 radical (unpaired) electrons. The third-order valence-electron chi connectivity index (χ3n) is 9.87. The highest BCUT2D eigenvalue weighted by atomic mass is 32.1. The Morgan fingerprint density at radius 2 is 2.09 bits per heavy atom. The van der Waals surface area contributed by atoms with Crippen LogP contribution in [0.4, 0.5) is 10.8 Å². The topological polar surface area (TPSA) is 197 Å². The van der Waals surface area contributed by atoms with E-state index in [2.05, 4.69) is 59.6 Å². The van der Waals surface area contributed by atoms with E-state index in [-0.39, 0.29) is 35.8 Å². The smallest absolute Gasteiger partial charge is 0.267 e. The third-order valence-corrected chi connectivity index (χ3v) is 11.1. The highest BCUT2D eigenvalue weighted by Crippen LogP contribution is 2.45. The third kappa shape index (κ3) is 10.2. The van der Waals surface area contributed by atoms with E-state index >= 15 is 0 Å². The number of amides is 1. The molecule has 1 amide bonds. The Hall–Kier alpha value is -4.36. The molecule has 2 saturated heterocycles. The van der Waals surface area contributed by atoms with E-state index < -0.39 is 0 Å². The van der Waals surface area contributed by atoms with Crippen LogP contribution in [0.15, 0.2) is 33.6 Å². The number of rotatable bonds is 14. The molecule has 0 bridgehead atoms. The van der Waals surface area contributed by atoms with Gasteiger partial charge < -0.3 is 35.5 Å². The second-order valence-corrected chi connectivity index (χ2v) is 15.2. The molecule has 3 aromatic heterocycles. The van der Waals surface area contributed by atoms with Gasteiger partial charge >= 0.3 is 0 Å². The van der Waals surface area contributed by atoms with Crippen LogP contribution in [0.1, 0.15) is 93.2 Å². The highest BCUT2D eigenvalue weighted by Gasteiger charge is 2.30. The van der Waals surface area contributed by atoms with Gasteiger partial charge in [-0.25, -0.2) is 9.98 Å². The number of likely N-dealkylation sites (N-methyl/N-ethyl adjacent to an activating group) is 1. The summed E-state index contributed by atoms with van der Waals surface area (Å²) in [5, 5.41) is 28.8. The van der Waals surface area contributed by atoms with Crippen molar-refractivity contribution in [2.45, 2.75) is 109 Å². The standard InChI is InChI=1S/C37H49N9O4S.CH4O/c1-22(2)41-37-27(19-38)33-24(9-6-12-30(33)51-37)8-5-10-25-20-49-45-34(25)35-43-31(18-32(44-35)50-23(3)29-11-7-16-46(29)4)40-15-13-28(39)36(47)42-26-14-17-48-21-26;1-2/h13,15,18,20,22-24,26,29,41H,5-12,14,16-17,21,39H2,1-4H3,(H,42,47);2H,1H3/b28-13-,40-15+;/t23-,24+,26?,29?;/m0./s1. The van der Waals surface area contributed by atoms with Crippen LogP contribution >= 0.6 is 11.3 Å². The van der Waals surface area contributed by atoms with Crippen molar-refractivity contribution in [1.82, 2.24) is 25.3 Å². The first-order chi connectivity index (χ1) is 25.7. The Morgan fingerprint density at radius 1 is 1.26 bits per heavy atom. The summed E-state index contributed by atoms with van der Waals surface area (Å²) in [4.78, 5) is 30.2. The number of anilines is 1. The number of hydrogen-bond acceptors (Lipinski definition) is 14. The Kier molecular flexibility index (Phi) is 14.4. The van der Waals surface area contributed by atoms with Crippen molar-refractivity contribution in [2.75, 3.05) is 39.2 Å². The fourth-order valence-corrected chi connectivity index (χ4v) is 8.74. The van der Waals surface area contributed by atoms with Crippen molar-refractivity contribution in [1.29, 1.82) is 5.26 Å². The summed E-state index contributed by atoms with van der Waals surface area (Å²) in [6.07, 6.45) is 13.2. The number of aromatic nitrogens is 3. The Morgan fingerprint density at radius 3 is 2.81 bits per heavy atom. The Bertz CT molecular complexity index is 1780. The summed E-state index contributed by atoms with van der Waals surface area (Å²) in [6, 6.07) is 4.68. The van der Waals surface area contributed by atoms with Gasteiger partial charge in [0.15, 0.2) is 17.3 Å². The average molecular weight is 748 g/mol. The molecular weight excluding hydrogens is 695 g/mol. The second kappa shape index (κ2) is 19.1. The molecule has 15 heteroatoms. The average Bonchev–Trinajstić information content (AvgIpc) is 3.97. The Balaban J connectivity index is 0.00000266. The van der Waals surface area contributed by atoms with Gasteiger partial charge in [0.25, 0.3) is 5.91 Å². The molecule has 4 atom stereocenters. The van der Waals surface area contributed by atoms with Crippen LogP contribution in [0, 0.1) is 11.3 Å². The minimum absolute atomic E-state index is 0.0370. The van der Waals surface area contributed by atoms with Crippen molar-refractivity contribution in [2.24, 2.45) is 10.7 Å². The number of fused-ring (bicyclic) bond motifs is 1. The number of nitrogens with zero attached hydrogens (tertiary/aromatic N) is 6. The van der Waals surface area contributed by atoms with Crippen molar-refractivity contribution in [3.63, 3.8) is 0 Å². The van der Waals surface area contributed by atoms with Gasteiger partial charge in [0, 0.05) is 48.5 Å². The monoisotopic (exact) mass is 747 g/mol. The van der Waals surface area contributed by atoms with Gasteiger partial charge in [0.1, 0.15) is 23.4 Å². The largest absolute Gasteiger partial charge is 0.473 e. The summed E-state index contributed by atoms with van der Waals surface area (Å²) in [6.45, 7) is 8.39. The van der Waals surface area contributed by atoms with Crippen LogP contribution in [0.3, 0.4) is 0 Å². The van der Waals surface area contributed by atoms with Crippen LogP contribution in [0.25, 0.3) is 11.5 Å². The molecule has 2 aliphatic heterocycles. The van der Waals surface area contributed by atoms with E-state index in [0.717, 1.165) is 81.1 Å². The van der Waals surface area contributed by atoms with Gasteiger partial charge in [-0.2, -0.15) is 10.2 Å². The summed E-state index contributed by atoms with van der Waals surface area (Å²) >= 11 is 1.74. The minimum atomic E-state index is -0.369. The molecule has 6 rings (SSSR count). The molecule has 5 heterocycles. The number of likely N-dealkylation sites (tertiary alicyclic amines) is 1. The van der Waals surface area contributed by atoms with Gasteiger partial charge in [-0.3, -0.25) is 9.69 Å². The summed E-state index contributed by atoms with van der Waals surface area (Å²) in [5.41, 5.74) is 9.56. The number of aliphatic imine (C=N–C) groups is 1. The van der Waals surface area contributed by atoms with Crippen molar-refractivity contribution < 1.29 is 23.9 Å². The van der Waals surface area contributed by atoms with Crippen molar-refractivity contribution in [3.8, 4) is 23.5 Å². The zero-order valence-electron chi connectivity index (χ0n) is 31.4. The lowest BCUT2D eigenvalue weighted by atomic mass is 9.82. The number of nitriles is 1.